The van der Waals surface area contributed by atoms with E-state index < -0.39 is 11.5 Å². The normalized spacial score (nSPS) is 24.1. The predicted molar refractivity (Wildman–Crippen MR) is 93.3 cm³/mol. The lowest BCUT2D eigenvalue weighted by Gasteiger charge is -2.40. The summed E-state index contributed by atoms with van der Waals surface area (Å²) in [6, 6.07) is 1.68. The van der Waals surface area contributed by atoms with Gasteiger partial charge in [0.05, 0.1) is 6.04 Å². The summed E-state index contributed by atoms with van der Waals surface area (Å²) in [7, 11) is 0. The van der Waals surface area contributed by atoms with Gasteiger partial charge in [-0.3, -0.25) is 4.68 Å². The van der Waals surface area contributed by atoms with Gasteiger partial charge >= 0.3 is 6.09 Å². The van der Waals surface area contributed by atoms with E-state index in [1.165, 1.54) is 0 Å². The molecule has 134 valence electrons. The molecule has 8 heteroatoms. The van der Waals surface area contributed by atoms with Crippen molar-refractivity contribution in [2.24, 2.45) is 0 Å². The summed E-state index contributed by atoms with van der Waals surface area (Å²) < 4.78 is 35.0. The summed E-state index contributed by atoms with van der Waals surface area (Å²) in [4.78, 5) is 13.7. The first-order chi connectivity index (χ1) is 11.0. The van der Waals surface area contributed by atoms with E-state index in [9.17, 15) is 13.6 Å². The number of halogens is 3. The third kappa shape index (κ3) is 3.83. The van der Waals surface area contributed by atoms with Gasteiger partial charge in [0, 0.05) is 37.5 Å². The quantitative estimate of drug-likeness (QED) is 0.632. The number of carbonyl (C=O) groups is 1. The molecule has 1 unspecified atom stereocenters. The number of carbonyl (C=O) groups excluding carboxylic acids is 1. The number of nitrogens with zero attached hydrogens (tertiary/aromatic N) is 3. The van der Waals surface area contributed by atoms with Crippen molar-refractivity contribution >= 4 is 28.7 Å². The highest BCUT2D eigenvalue weighted by Crippen LogP contribution is 2.43. The molecular formula is C16H22F2IN3O2. The molecule has 24 heavy (non-hydrogen) atoms. The van der Waals surface area contributed by atoms with E-state index in [0.717, 1.165) is 9.39 Å². The molecule has 0 N–H and O–H groups in total. The van der Waals surface area contributed by atoms with Gasteiger partial charge in [-0.1, -0.05) is 0 Å². The first kappa shape index (κ1) is 17.9. The van der Waals surface area contributed by atoms with Crippen molar-refractivity contribution in [2.45, 2.75) is 63.5 Å². The van der Waals surface area contributed by atoms with Crippen molar-refractivity contribution in [2.75, 3.05) is 13.1 Å². The van der Waals surface area contributed by atoms with Crippen LogP contribution in [0.4, 0.5) is 13.6 Å². The van der Waals surface area contributed by atoms with E-state index >= 15 is 0 Å². The molecule has 2 heterocycles. The number of amides is 1. The highest BCUT2D eigenvalue weighted by atomic mass is 127. The zero-order chi connectivity index (χ0) is 17.7. The van der Waals surface area contributed by atoms with Gasteiger partial charge in [-0.25, -0.2) is 13.6 Å². The molecule has 1 aliphatic heterocycles. The third-order valence-corrected chi connectivity index (χ3v) is 4.94. The highest BCUT2D eigenvalue weighted by Gasteiger charge is 2.43. The fourth-order valence-electron chi connectivity index (χ4n) is 3.25. The second-order valence-electron chi connectivity index (χ2n) is 7.67. The van der Waals surface area contributed by atoms with E-state index in [2.05, 4.69) is 27.7 Å². The summed E-state index contributed by atoms with van der Waals surface area (Å²) in [6.45, 7) is 6.58. The molecule has 2 fully saturated rings. The van der Waals surface area contributed by atoms with Crippen molar-refractivity contribution in [3.63, 3.8) is 0 Å². The van der Waals surface area contributed by atoms with Crippen molar-refractivity contribution < 1.29 is 18.3 Å². The van der Waals surface area contributed by atoms with Crippen LogP contribution < -0.4 is 0 Å². The maximum atomic E-state index is 13.5. The smallest absolute Gasteiger partial charge is 0.410 e. The molecule has 0 bridgehead atoms. The molecule has 0 aromatic carbocycles. The average molecular weight is 453 g/mol. The van der Waals surface area contributed by atoms with Crippen LogP contribution in [0.5, 0.6) is 0 Å². The topological polar surface area (TPSA) is 47.4 Å². The van der Waals surface area contributed by atoms with E-state index in [-0.39, 0.29) is 30.9 Å². The molecule has 1 atom stereocenters. The summed E-state index contributed by atoms with van der Waals surface area (Å²) in [6.07, 6.45) is -0.116. The summed E-state index contributed by atoms with van der Waals surface area (Å²) in [5.74, 6) is -2.47. The predicted octanol–water partition coefficient (Wildman–Crippen LogP) is 4.18. The largest absolute Gasteiger partial charge is 0.444 e. The molecule has 1 aliphatic carbocycles. The molecule has 0 spiro atoms. The van der Waals surface area contributed by atoms with Gasteiger partial charge in [-0.05, 0) is 55.8 Å². The number of rotatable bonds is 2. The Morgan fingerprint density at radius 2 is 2.08 bits per heavy atom. The standard InChI is InChI=1S/C16H22F2IN3O2/c1-15(2,3)24-14(23)21-8-10(9-21)12-6-13(19)20-22(12)11-4-5-16(17,18)7-11/h6,10-11H,4-5,7-9H2,1-3H3. The average Bonchev–Trinajstić information content (AvgIpc) is 2.88. The first-order valence-corrected chi connectivity index (χ1v) is 9.23. The van der Waals surface area contributed by atoms with Crippen molar-refractivity contribution in [1.82, 2.24) is 14.7 Å². The Bertz CT molecular complexity index is 636. The number of ether oxygens (including phenoxy) is 1. The van der Waals surface area contributed by atoms with Gasteiger partial charge in [-0.2, -0.15) is 5.10 Å². The minimum Gasteiger partial charge on any atom is -0.444 e. The molecule has 1 aromatic rings. The summed E-state index contributed by atoms with van der Waals surface area (Å²) in [5, 5.41) is 4.43. The molecule has 1 aromatic heterocycles. The fourth-order valence-corrected chi connectivity index (χ4v) is 3.80. The van der Waals surface area contributed by atoms with E-state index in [4.69, 9.17) is 4.74 Å². The van der Waals surface area contributed by atoms with Crippen LogP contribution in [0.2, 0.25) is 0 Å². The Morgan fingerprint density at radius 1 is 1.42 bits per heavy atom. The van der Waals surface area contributed by atoms with E-state index in [1.54, 1.807) is 9.58 Å². The Hall–Kier alpha value is -0.930. The van der Waals surface area contributed by atoms with Crippen molar-refractivity contribution in [1.29, 1.82) is 0 Å². The van der Waals surface area contributed by atoms with Crippen LogP contribution in [0.1, 0.15) is 57.7 Å². The molecule has 0 radical (unpaired) electrons. The fraction of sp³-hybridized carbons (Fsp3) is 0.750. The van der Waals surface area contributed by atoms with Gasteiger partial charge in [0.25, 0.3) is 0 Å². The van der Waals surface area contributed by atoms with Crippen LogP contribution in [-0.2, 0) is 4.74 Å². The molecule has 3 rings (SSSR count). The Morgan fingerprint density at radius 3 is 2.62 bits per heavy atom. The van der Waals surface area contributed by atoms with Crippen LogP contribution in [0.25, 0.3) is 0 Å². The van der Waals surface area contributed by atoms with Gasteiger partial charge in [0.2, 0.25) is 5.92 Å². The van der Waals surface area contributed by atoms with Gasteiger partial charge in [-0.15, -0.1) is 0 Å². The SMILES string of the molecule is CC(C)(C)OC(=O)N1CC(c2cc(I)nn2C2CCC(F)(F)C2)C1. The number of hydrogen-bond acceptors (Lipinski definition) is 3. The molecule has 5 nitrogen and oxygen atoms in total. The van der Waals surface area contributed by atoms with Gasteiger partial charge in [0.15, 0.2) is 0 Å². The van der Waals surface area contributed by atoms with Crippen LogP contribution in [0.3, 0.4) is 0 Å². The molecule has 1 saturated carbocycles. The minimum atomic E-state index is -2.60. The van der Waals surface area contributed by atoms with Crippen molar-refractivity contribution in [3.8, 4) is 0 Å². The monoisotopic (exact) mass is 453 g/mol. The number of likely N-dealkylation sites (tertiary alicyclic amines) is 1. The third-order valence-electron chi connectivity index (χ3n) is 4.41. The Balaban J connectivity index is 1.66. The van der Waals surface area contributed by atoms with Crippen LogP contribution in [0.15, 0.2) is 6.07 Å². The molecule has 1 saturated heterocycles. The maximum absolute atomic E-state index is 13.5. The van der Waals surface area contributed by atoms with Crippen LogP contribution in [-0.4, -0.2) is 45.4 Å². The summed E-state index contributed by atoms with van der Waals surface area (Å²) in [5.41, 5.74) is 0.427. The van der Waals surface area contributed by atoms with Crippen LogP contribution in [0, 0.1) is 3.70 Å². The van der Waals surface area contributed by atoms with Gasteiger partial charge < -0.3 is 9.64 Å². The van der Waals surface area contributed by atoms with E-state index in [1.807, 2.05) is 26.8 Å². The number of hydrogen-bond donors (Lipinski definition) is 0. The molecular weight excluding hydrogens is 431 g/mol. The Labute approximate surface area is 153 Å². The zero-order valence-corrected chi connectivity index (χ0v) is 16.2. The zero-order valence-electron chi connectivity index (χ0n) is 14.1. The summed E-state index contributed by atoms with van der Waals surface area (Å²) >= 11 is 2.11. The lowest BCUT2D eigenvalue weighted by molar-refractivity contribution is 0.00415. The first-order valence-electron chi connectivity index (χ1n) is 8.15. The number of alkyl halides is 2. The number of aromatic nitrogens is 2. The van der Waals surface area contributed by atoms with E-state index in [0.29, 0.717) is 19.5 Å². The van der Waals surface area contributed by atoms with Crippen LogP contribution >= 0.6 is 22.6 Å². The molecule has 2 aliphatic rings. The van der Waals surface area contributed by atoms with Crippen molar-refractivity contribution in [3.05, 3.63) is 15.5 Å². The van der Waals surface area contributed by atoms with Gasteiger partial charge in [0.1, 0.15) is 9.30 Å². The maximum Gasteiger partial charge on any atom is 0.410 e. The lowest BCUT2D eigenvalue weighted by Crippen LogP contribution is -2.50. The minimum absolute atomic E-state index is 0.0811. The highest BCUT2D eigenvalue weighted by molar-refractivity contribution is 14.1. The molecule has 1 amide bonds. The second kappa shape index (κ2) is 6.10. The second-order valence-corrected chi connectivity index (χ2v) is 8.78. The lowest BCUT2D eigenvalue weighted by atomic mass is 9.96. The Kier molecular flexibility index (Phi) is 4.55.